The first-order chi connectivity index (χ1) is 19.6. The van der Waals surface area contributed by atoms with E-state index in [2.05, 4.69) is 43.1 Å². The molecule has 0 aliphatic carbocycles. The van der Waals surface area contributed by atoms with E-state index in [0.29, 0.717) is 34.4 Å². The van der Waals surface area contributed by atoms with Gasteiger partial charge in [0.05, 0.1) is 34.6 Å². The molecule has 0 amide bonds. The van der Waals surface area contributed by atoms with E-state index in [-0.39, 0.29) is 27.9 Å². The van der Waals surface area contributed by atoms with Crippen molar-refractivity contribution in [3.05, 3.63) is 70.7 Å². The molecule has 13 heteroatoms. The molecule has 4 rings (SSSR count). The van der Waals surface area contributed by atoms with E-state index in [1.54, 1.807) is 13.0 Å². The summed E-state index contributed by atoms with van der Waals surface area (Å²) in [6, 6.07) is 9.16. The monoisotopic (exact) mass is 579 g/mol. The molecule has 0 aliphatic heterocycles. The number of pyridine rings is 2. The van der Waals surface area contributed by atoms with Crippen LogP contribution in [0.3, 0.4) is 0 Å². The number of hydrogen-bond acceptors (Lipinski definition) is 8. The van der Waals surface area contributed by atoms with E-state index in [4.69, 9.17) is 0 Å². The average Bonchev–Trinajstić information content (AvgIpc) is 3.40. The van der Waals surface area contributed by atoms with Crippen LogP contribution in [0.1, 0.15) is 68.7 Å². The smallest absolute Gasteiger partial charge is 0.383 e. The lowest BCUT2D eigenvalue weighted by Gasteiger charge is -2.27. The number of nitriles is 2. The second-order valence-electron chi connectivity index (χ2n) is 11.6. The molecule has 2 N–H and O–H groups in total. The lowest BCUT2D eigenvalue weighted by molar-refractivity contribution is -0.206. The highest BCUT2D eigenvalue weighted by molar-refractivity contribution is 5.99. The van der Waals surface area contributed by atoms with Crippen LogP contribution >= 0.6 is 0 Å². The number of halogens is 4. The van der Waals surface area contributed by atoms with Gasteiger partial charge in [-0.1, -0.05) is 32.1 Å². The van der Waals surface area contributed by atoms with Gasteiger partial charge < -0.3 is 10.6 Å². The van der Waals surface area contributed by atoms with E-state index in [0.717, 1.165) is 24.6 Å². The Balaban J connectivity index is 1.89. The standard InChI is InChI=1S/C29H29F4N9/c1-16-20(7-8-23(30)38-16)26(22-14-42(41-40-22)28(5,6)29(31,32)33)39-19-9-17(11-34)24-21(10-19)25(18(12-35)13-36-24)37-15-27(2,3)4/h7-10,13-14,26,39H,15H2,1-6H3,(H,36,37)/t26-/m0/s1. The topological polar surface area (TPSA) is 128 Å². The van der Waals surface area contributed by atoms with Crippen molar-refractivity contribution in [2.24, 2.45) is 5.41 Å². The average molecular weight is 580 g/mol. The third-order valence-electron chi connectivity index (χ3n) is 6.80. The fourth-order valence-corrected chi connectivity index (χ4v) is 4.24. The van der Waals surface area contributed by atoms with Gasteiger partial charge in [0, 0.05) is 35.1 Å². The van der Waals surface area contributed by atoms with Gasteiger partial charge in [-0.25, -0.2) is 9.67 Å². The Hall–Kier alpha value is -4.78. The lowest BCUT2D eigenvalue weighted by Crippen LogP contribution is -2.42. The number of aryl methyl sites for hydroxylation is 1. The molecule has 0 fully saturated rings. The van der Waals surface area contributed by atoms with Crippen molar-refractivity contribution in [3.8, 4) is 12.1 Å². The summed E-state index contributed by atoms with van der Waals surface area (Å²) < 4.78 is 55.9. The van der Waals surface area contributed by atoms with Crippen molar-refractivity contribution in [1.82, 2.24) is 25.0 Å². The van der Waals surface area contributed by atoms with E-state index in [1.165, 1.54) is 24.5 Å². The van der Waals surface area contributed by atoms with Gasteiger partial charge in [-0.2, -0.15) is 28.1 Å². The second-order valence-corrected chi connectivity index (χ2v) is 11.6. The summed E-state index contributed by atoms with van der Waals surface area (Å²) in [5.74, 6) is -0.723. The van der Waals surface area contributed by atoms with Gasteiger partial charge in [-0.15, -0.1) is 5.10 Å². The SMILES string of the molecule is Cc1nc(F)ccc1[C@H](Nc1cc(C#N)c2ncc(C#N)c(NCC(C)(C)C)c2c1)c1cn(C(C)(C)C(F)(F)F)nn1. The first-order valence-electron chi connectivity index (χ1n) is 13.0. The number of hydrogen-bond donors (Lipinski definition) is 2. The van der Waals surface area contributed by atoms with Crippen LogP contribution in [0.25, 0.3) is 10.9 Å². The Labute approximate surface area is 240 Å². The Morgan fingerprint density at radius 2 is 1.71 bits per heavy atom. The molecule has 3 heterocycles. The fraction of sp³-hybridized carbons (Fsp3) is 0.379. The summed E-state index contributed by atoms with van der Waals surface area (Å²) in [5, 5.41) is 34.6. The molecule has 3 aromatic heterocycles. The first-order valence-corrected chi connectivity index (χ1v) is 13.0. The number of nitrogens with one attached hydrogen (secondary N) is 2. The highest BCUT2D eigenvalue weighted by Gasteiger charge is 2.50. The van der Waals surface area contributed by atoms with Crippen LogP contribution in [0.5, 0.6) is 0 Å². The predicted octanol–water partition coefficient (Wildman–Crippen LogP) is 6.37. The van der Waals surface area contributed by atoms with Gasteiger partial charge in [-0.3, -0.25) is 4.98 Å². The molecule has 1 atom stereocenters. The Morgan fingerprint density at radius 3 is 2.31 bits per heavy atom. The van der Waals surface area contributed by atoms with Gasteiger partial charge >= 0.3 is 6.18 Å². The maximum atomic E-state index is 13.9. The molecule has 0 bridgehead atoms. The highest BCUT2D eigenvalue weighted by Crippen LogP contribution is 2.38. The summed E-state index contributed by atoms with van der Waals surface area (Å²) in [7, 11) is 0. The number of rotatable bonds is 7. The summed E-state index contributed by atoms with van der Waals surface area (Å²) in [5.41, 5.74) is 0.0480. The van der Waals surface area contributed by atoms with Gasteiger partial charge in [0.2, 0.25) is 5.95 Å². The Bertz CT molecular complexity index is 1720. The van der Waals surface area contributed by atoms with Crippen molar-refractivity contribution in [2.45, 2.75) is 59.3 Å². The van der Waals surface area contributed by atoms with Gasteiger partial charge in [0.1, 0.15) is 17.8 Å². The molecule has 0 saturated heterocycles. The molecule has 9 nitrogen and oxygen atoms in total. The zero-order chi connectivity index (χ0) is 31.0. The molecule has 1 aromatic carbocycles. The van der Waals surface area contributed by atoms with E-state index < -0.39 is 23.7 Å². The van der Waals surface area contributed by atoms with E-state index in [9.17, 15) is 28.1 Å². The molecular formula is C29H29F4N9. The molecule has 0 radical (unpaired) electrons. The quantitative estimate of drug-likeness (QED) is 0.191. The van der Waals surface area contributed by atoms with Crippen molar-refractivity contribution in [3.63, 3.8) is 0 Å². The maximum Gasteiger partial charge on any atom is 0.413 e. The predicted molar refractivity (Wildman–Crippen MR) is 149 cm³/mol. The molecule has 0 saturated carbocycles. The molecule has 0 aliphatic rings. The van der Waals surface area contributed by atoms with Crippen LogP contribution in [0.15, 0.2) is 36.7 Å². The number of benzene rings is 1. The number of anilines is 2. The zero-order valence-corrected chi connectivity index (χ0v) is 23.9. The number of nitrogens with zero attached hydrogens (tertiary/aromatic N) is 7. The van der Waals surface area contributed by atoms with Crippen LogP contribution in [0.2, 0.25) is 0 Å². The third kappa shape index (κ3) is 5.96. The van der Waals surface area contributed by atoms with Gasteiger partial charge in [0.25, 0.3) is 0 Å². The Morgan fingerprint density at radius 1 is 1.02 bits per heavy atom. The largest absolute Gasteiger partial charge is 0.413 e. The van der Waals surface area contributed by atoms with Crippen LogP contribution in [0.4, 0.5) is 28.9 Å². The third-order valence-corrected chi connectivity index (χ3v) is 6.80. The van der Waals surface area contributed by atoms with Gasteiger partial charge in [-0.05, 0) is 44.4 Å². The van der Waals surface area contributed by atoms with Crippen molar-refractivity contribution >= 4 is 22.3 Å². The molecule has 0 spiro atoms. The number of alkyl halides is 3. The van der Waals surface area contributed by atoms with Crippen LogP contribution < -0.4 is 10.6 Å². The normalized spacial score (nSPS) is 13.0. The first kappa shape index (κ1) is 30.2. The van der Waals surface area contributed by atoms with Crippen LogP contribution in [-0.4, -0.2) is 37.7 Å². The summed E-state index contributed by atoms with van der Waals surface area (Å²) >= 11 is 0. The molecule has 0 unspecified atom stereocenters. The molecule has 42 heavy (non-hydrogen) atoms. The number of aromatic nitrogens is 5. The van der Waals surface area contributed by atoms with Crippen LogP contribution in [-0.2, 0) is 5.54 Å². The minimum Gasteiger partial charge on any atom is -0.383 e. The summed E-state index contributed by atoms with van der Waals surface area (Å²) in [6.45, 7) is 10.1. The molecule has 4 aromatic rings. The zero-order valence-electron chi connectivity index (χ0n) is 23.9. The fourth-order valence-electron chi connectivity index (χ4n) is 4.24. The van der Waals surface area contributed by atoms with E-state index >= 15 is 0 Å². The second kappa shape index (κ2) is 10.9. The number of fused-ring (bicyclic) bond motifs is 1. The minimum absolute atomic E-state index is 0.109. The lowest BCUT2D eigenvalue weighted by atomic mass is 9.96. The molecule has 218 valence electrons. The molecular weight excluding hydrogens is 550 g/mol. The highest BCUT2D eigenvalue weighted by atomic mass is 19.4. The van der Waals surface area contributed by atoms with Crippen molar-refractivity contribution in [1.29, 1.82) is 10.5 Å². The van der Waals surface area contributed by atoms with Crippen molar-refractivity contribution < 1.29 is 17.6 Å². The Kier molecular flexibility index (Phi) is 7.83. The minimum atomic E-state index is -4.61. The van der Waals surface area contributed by atoms with Gasteiger partial charge in [0.15, 0.2) is 5.54 Å². The maximum absolute atomic E-state index is 13.9. The summed E-state index contributed by atoms with van der Waals surface area (Å²) in [6.07, 6.45) is -2.04. The summed E-state index contributed by atoms with van der Waals surface area (Å²) in [4.78, 5) is 8.22. The van der Waals surface area contributed by atoms with Crippen LogP contribution in [0, 0.1) is 40.9 Å². The van der Waals surface area contributed by atoms with Crippen molar-refractivity contribution in [2.75, 3.05) is 17.2 Å². The van der Waals surface area contributed by atoms with E-state index in [1.807, 2.05) is 20.8 Å².